The maximum Gasteiger partial charge on any atom is 0.185 e. The third-order valence-electron chi connectivity index (χ3n) is 8.09. The number of carbonyl (C=O) groups is 3. The molecule has 3 heterocycles. The van der Waals surface area contributed by atoms with Crippen molar-refractivity contribution in [3.63, 3.8) is 0 Å². The first-order valence-electron chi connectivity index (χ1n) is 17.0. The Kier molecular flexibility index (Phi) is 16.0. The average molecular weight is 728 g/mol. The normalized spacial score (nSPS) is 14.2. The van der Waals surface area contributed by atoms with Gasteiger partial charge in [-0.15, -0.1) is 0 Å². The fraction of sp³-hybridized carbons (Fsp3) is 0.163. The summed E-state index contributed by atoms with van der Waals surface area (Å²) in [6.45, 7) is -0.653. The van der Waals surface area contributed by atoms with E-state index < -0.39 is 0 Å². The fourth-order valence-corrected chi connectivity index (χ4v) is 4.98. The van der Waals surface area contributed by atoms with Crippen molar-refractivity contribution in [3.05, 3.63) is 173 Å². The van der Waals surface area contributed by atoms with Crippen LogP contribution in [0, 0.1) is 0 Å². The van der Waals surface area contributed by atoms with Gasteiger partial charge in [-0.25, -0.2) is 0 Å². The molecule has 0 radical (unpaired) electrons. The minimum atomic E-state index is -0.298. The highest BCUT2D eigenvalue weighted by molar-refractivity contribution is 6.11. The second-order valence-electron chi connectivity index (χ2n) is 11.9. The number of carbonyl (C=O) groups excluding carboxylic acids is 3. The number of aliphatic imine (C=N–C) groups is 3. The molecule has 0 fully saturated rings. The maximum atomic E-state index is 12.0. The van der Waals surface area contributed by atoms with Crippen LogP contribution < -0.4 is 0 Å². The Hall–Kier alpha value is -6.24. The van der Waals surface area contributed by atoms with E-state index in [0.717, 1.165) is 42.0 Å². The van der Waals surface area contributed by atoms with Gasteiger partial charge in [-0.3, -0.25) is 29.4 Å². The van der Waals surface area contributed by atoms with Crippen molar-refractivity contribution in [2.24, 2.45) is 15.0 Å². The molecular formula is C43H41N3O8. The van der Waals surface area contributed by atoms with Gasteiger partial charge in [-0.2, -0.15) is 0 Å². The molecule has 5 N–H and O–H groups in total. The van der Waals surface area contributed by atoms with Crippen LogP contribution in [0.4, 0.5) is 0 Å². The lowest BCUT2D eigenvalue weighted by Gasteiger charge is -2.06. The molecule has 3 aliphatic heterocycles. The highest BCUT2D eigenvalue weighted by Crippen LogP contribution is 2.19. The standard InChI is InChI=1S/C15H15NO3.C14H13NO3.C14H13NO2/c17-9-12-4-3-11(8-13(12)10-18)15(19)6-5-14-2-1-7-16-14;16-9-11-8-10(3-5-14(11)18)13(17)6-4-12-2-1-7-15-12;16-10-11-3-5-12(6-4-11)14(17)8-7-13-2-1-9-15-13/h1,3-8,17-18H,2,9-10H2;1,3-8,16,18H,2,9H2;1,3-9,16H,2,10H2/b6-5+;6-4+;8-7+. The summed E-state index contributed by atoms with van der Waals surface area (Å²) in [5.41, 5.74) is 6.46. The van der Waals surface area contributed by atoms with E-state index in [0.29, 0.717) is 33.4 Å². The summed E-state index contributed by atoms with van der Waals surface area (Å²) in [7, 11) is 0. The molecular weight excluding hydrogens is 686 g/mol. The van der Waals surface area contributed by atoms with Crippen LogP contribution in [0.15, 0.2) is 149 Å². The van der Waals surface area contributed by atoms with Gasteiger partial charge in [0.25, 0.3) is 0 Å². The van der Waals surface area contributed by atoms with Crippen molar-refractivity contribution >= 4 is 34.5 Å². The molecule has 0 saturated carbocycles. The Labute approximate surface area is 313 Å². The molecule has 6 rings (SSSR count). The van der Waals surface area contributed by atoms with E-state index in [2.05, 4.69) is 15.0 Å². The van der Waals surface area contributed by atoms with Crippen molar-refractivity contribution in [2.45, 2.75) is 45.7 Å². The summed E-state index contributed by atoms with van der Waals surface area (Å²) in [6, 6.07) is 16.2. The van der Waals surface area contributed by atoms with Crippen LogP contribution in [-0.2, 0) is 26.4 Å². The van der Waals surface area contributed by atoms with Gasteiger partial charge < -0.3 is 25.5 Å². The first-order valence-corrected chi connectivity index (χ1v) is 17.0. The van der Waals surface area contributed by atoms with Gasteiger partial charge in [-0.1, -0.05) is 54.6 Å². The lowest BCUT2D eigenvalue weighted by molar-refractivity contribution is 0.103. The number of hydrogen-bond donors (Lipinski definition) is 5. The first kappa shape index (κ1) is 40.5. The Balaban J connectivity index is 0.000000181. The molecule has 0 aliphatic carbocycles. The van der Waals surface area contributed by atoms with E-state index in [9.17, 15) is 24.6 Å². The number of hydrogen-bond acceptors (Lipinski definition) is 11. The topological polar surface area (TPSA) is 189 Å². The SMILES string of the molecule is O=C(/C=C/C1=NC=CC1)c1ccc(CO)c(CO)c1.O=C(/C=C/C1=NC=CC1)c1ccc(CO)cc1.O=C(/C=C/C1=NC=CC1)c1ccc(O)c(CO)c1. The van der Waals surface area contributed by atoms with E-state index in [1.807, 2.05) is 18.2 Å². The van der Waals surface area contributed by atoms with E-state index in [4.69, 9.17) is 15.3 Å². The summed E-state index contributed by atoms with van der Waals surface area (Å²) in [6.07, 6.45) is 22.7. The Morgan fingerprint density at radius 2 is 0.907 bits per heavy atom. The molecule has 3 aliphatic rings. The van der Waals surface area contributed by atoms with Crippen molar-refractivity contribution < 1.29 is 39.9 Å². The summed E-state index contributed by atoms with van der Waals surface area (Å²) < 4.78 is 0. The highest BCUT2D eigenvalue weighted by atomic mass is 16.3. The molecule has 0 atom stereocenters. The lowest BCUT2D eigenvalue weighted by atomic mass is 10.0. The monoisotopic (exact) mass is 727 g/mol. The smallest absolute Gasteiger partial charge is 0.185 e. The number of rotatable bonds is 13. The second-order valence-corrected chi connectivity index (χ2v) is 11.9. The van der Waals surface area contributed by atoms with Gasteiger partial charge in [0.15, 0.2) is 17.3 Å². The minimum Gasteiger partial charge on any atom is -0.508 e. The van der Waals surface area contributed by atoms with Gasteiger partial charge in [0.1, 0.15) is 5.75 Å². The molecule has 0 saturated heterocycles. The Morgan fingerprint density at radius 1 is 0.500 bits per heavy atom. The third kappa shape index (κ3) is 12.5. The van der Waals surface area contributed by atoms with Crippen LogP contribution in [0.1, 0.15) is 72.6 Å². The lowest BCUT2D eigenvalue weighted by Crippen LogP contribution is -2.01. The molecule has 0 unspecified atom stereocenters. The van der Waals surface area contributed by atoms with Crippen molar-refractivity contribution in [1.82, 2.24) is 0 Å². The molecule has 11 heteroatoms. The Bertz CT molecular complexity index is 2100. The van der Waals surface area contributed by atoms with Crippen LogP contribution in [0.25, 0.3) is 0 Å². The number of nitrogens with zero attached hydrogens (tertiary/aromatic N) is 3. The average Bonchev–Trinajstić information content (AvgIpc) is 4.04. The van der Waals surface area contributed by atoms with Crippen LogP contribution in [-0.4, -0.2) is 60.0 Å². The minimum absolute atomic E-state index is 0.00716. The predicted octanol–water partition coefficient (Wildman–Crippen LogP) is 6.03. The second kappa shape index (κ2) is 21.3. The van der Waals surface area contributed by atoms with Crippen molar-refractivity contribution in [1.29, 1.82) is 0 Å². The Morgan fingerprint density at radius 3 is 1.31 bits per heavy atom. The third-order valence-corrected chi connectivity index (χ3v) is 8.09. The molecule has 3 aromatic rings. The van der Waals surface area contributed by atoms with E-state index in [1.165, 1.54) is 36.4 Å². The number of aliphatic hydroxyl groups is 4. The summed E-state index contributed by atoms with van der Waals surface area (Å²) >= 11 is 0. The van der Waals surface area contributed by atoms with E-state index in [1.54, 1.807) is 79.3 Å². The number of aliphatic hydroxyl groups excluding tert-OH is 4. The molecule has 0 aromatic heterocycles. The zero-order valence-electron chi connectivity index (χ0n) is 29.5. The van der Waals surface area contributed by atoms with E-state index in [-0.39, 0.29) is 49.5 Å². The van der Waals surface area contributed by atoms with Crippen molar-refractivity contribution in [2.75, 3.05) is 0 Å². The molecule has 0 bridgehead atoms. The summed E-state index contributed by atoms with van der Waals surface area (Å²) in [5.74, 6) is -0.389. The number of ketones is 3. The predicted molar refractivity (Wildman–Crippen MR) is 209 cm³/mol. The van der Waals surface area contributed by atoms with E-state index >= 15 is 0 Å². The molecule has 0 amide bonds. The number of aromatic hydroxyl groups is 1. The fourth-order valence-electron chi connectivity index (χ4n) is 4.98. The van der Waals surface area contributed by atoms with Crippen LogP contribution in [0.5, 0.6) is 5.75 Å². The van der Waals surface area contributed by atoms with Crippen LogP contribution >= 0.6 is 0 Å². The largest absolute Gasteiger partial charge is 0.508 e. The highest BCUT2D eigenvalue weighted by Gasteiger charge is 2.09. The first-order chi connectivity index (χ1) is 26.2. The molecule has 11 nitrogen and oxygen atoms in total. The number of allylic oxidation sites excluding steroid dienone is 9. The molecule has 54 heavy (non-hydrogen) atoms. The summed E-state index contributed by atoms with van der Waals surface area (Å²) in [5, 5.41) is 45.6. The van der Waals surface area contributed by atoms with Gasteiger partial charge in [0.05, 0.1) is 26.4 Å². The number of phenols is 1. The zero-order chi connectivity index (χ0) is 38.7. The van der Waals surface area contributed by atoms with Gasteiger partial charge >= 0.3 is 0 Å². The maximum absolute atomic E-state index is 12.0. The zero-order valence-corrected chi connectivity index (χ0v) is 29.5. The van der Waals surface area contributed by atoms with Gasteiger partial charge in [-0.05, 0) is 77.4 Å². The molecule has 3 aromatic carbocycles. The molecule has 0 spiro atoms. The van der Waals surface area contributed by atoms with Gasteiger partial charge in [0.2, 0.25) is 0 Å². The van der Waals surface area contributed by atoms with Crippen LogP contribution in [0.2, 0.25) is 0 Å². The van der Waals surface area contributed by atoms with Gasteiger partial charge in [0, 0.05) is 77.3 Å². The molecule has 276 valence electrons. The summed E-state index contributed by atoms with van der Waals surface area (Å²) in [4.78, 5) is 47.8. The number of benzene rings is 3. The quantitative estimate of drug-likeness (QED) is 0.104. The van der Waals surface area contributed by atoms with Crippen molar-refractivity contribution in [3.8, 4) is 5.75 Å². The van der Waals surface area contributed by atoms with Crippen LogP contribution in [0.3, 0.4) is 0 Å².